The average Bonchev–Trinajstić information content (AvgIpc) is 2.65. The number of carbonyl (C=O) groups excluding carboxylic acids is 1. The van der Waals surface area contributed by atoms with Crippen molar-refractivity contribution in [3.8, 4) is 11.5 Å². The van der Waals surface area contributed by atoms with E-state index in [1.165, 1.54) is 32.4 Å². The molecule has 0 aliphatic carbocycles. The number of nitrogens with one attached hydrogen (secondary N) is 2. The Labute approximate surface area is 159 Å². The number of ether oxygens (including phenoxy) is 2. The fraction of sp³-hybridized carbons (Fsp3) is 0.316. The van der Waals surface area contributed by atoms with Crippen LogP contribution in [0.25, 0.3) is 0 Å². The van der Waals surface area contributed by atoms with Crippen molar-refractivity contribution >= 4 is 21.6 Å². The lowest BCUT2D eigenvalue weighted by Gasteiger charge is -2.13. The third-order valence-electron chi connectivity index (χ3n) is 3.94. The second-order valence-electron chi connectivity index (χ2n) is 5.91. The van der Waals surface area contributed by atoms with E-state index >= 15 is 0 Å². The quantitative estimate of drug-likeness (QED) is 0.720. The van der Waals surface area contributed by atoms with Crippen molar-refractivity contribution in [2.45, 2.75) is 25.2 Å². The Bertz CT molecular complexity index is 926. The van der Waals surface area contributed by atoms with Gasteiger partial charge in [-0.3, -0.25) is 9.52 Å². The van der Waals surface area contributed by atoms with Crippen LogP contribution in [0.5, 0.6) is 11.5 Å². The smallest absolute Gasteiger partial charge is 0.261 e. The van der Waals surface area contributed by atoms with Gasteiger partial charge in [-0.25, -0.2) is 8.42 Å². The molecule has 0 unspecified atom stereocenters. The summed E-state index contributed by atoms with van der Waals surface area (Å²) in [6.45, 7) is 4.24. The van der Waals surface area contributed by atoms with Crippen molar-refractivity contribution in [3.63, 3.8) is 0 Å². The van der Waals surface area contributed by atoms with Crippen molar-refractivity contribution < 1.29 is 22.7 Å². The van der Waals surface area contributed by atoms with E-state index in [0.717, 1.165) is 6.42 Å². The molecule has 0 aromatic heterocycles. The molecule has 0 radical (unpaired) electrons. The molecular weight excluding hydrogens is 368 g/mol. The van der Waals surface area contributed by atoms with Crippen LogP contribution >= 0.6 is 0 Å². The predicted molar refractivity (Wildman–Crippen MR) is 104 cm³/mol. The molecule has 2 aromatic carbocycles. The van der Waals surface area contributed by atoms with E-state index < -0.39 is 10.0 Å². The van der Waals surface area contributed by atoms with Crippen molar-refractivity contribution in [1.82, 2.24) is 5.32 Å². The zero-order valence-corrected chi connectivity index (χ0v) is 16.6. The lowest BCUT2D eigenvalue weighted by Crippen LogP contribution is -2.25. The molecule has 2 N–H and O–H groups in total. The maximum absolute atomic E-state index is 12.7. The fourth-order valence-electron chi connectivity index (χ4n) is 2.46. The van der Waals surface area contributed by atoms with Crippen LogP contribution in [-0.2, 0) is 10.0 Å². The lowest BCUT2D eigenvalue weighted by atomic mass is 10.1. The zero-order valence-electron chi connectivity index (χ0n) is 15.8. The number of hydrogen-bond acceptors (Lipinski definition) is 5. The molecule has 1 amide bonds. The molecule has 0 bridgehead atoms. The summed E-state index contributed by atoms with van der Waals surface area (Å²) in [5, 5.41) is 2.76. The molecule has 0 spiro atoms. The van der Waals surface area contributed by atoms with Gasteiger partial charge in [0.1, 0.15) is 0 Å². The first-order valence-corrected chi connectivity index (χ1v) is 9.94. The molecule has 27 heavy (non-hydrogen) atoms. The number of carbonyl (C=O) groups is 1. The monoisotopic (exact) mass is 392 g/mol. The molecule has 0 saturated heterocycles. The van der Waals surface area contributed by atoms with Crippen LogP contribution in [0.2, 0.25) is 0 Å². The number of hydrogen-bond donors (Lipinski definition) is 2. The van der Waals surface area contributed by atoms with Gasteiger partial charge in [0.2, 0.25) is 0 Å². The van der Waals surface area contributed by atoms with E-state index in [0.29, 0.717) is 34.9 Å². The summed E-state index contributed by atoms with van der Waals surface area (Å²) >= 11 is 0. The maximum atomic E-state index is 12.7. The standard InChI is InChI=1S/C19H24N2O5S/c1-5-10-20-19(22)16-12-15(8-6-13(16)2)27(23,24)21-14-7-9-17(25-3)18(11-14)26-4/h6-9,11-12,21H,5,10H2,1-4H3,(H,20,22). The summed E-state index contributed by atoms with van der Waals surface area (Å²) in [4.78, 5) is 12.3. The first-order valence-electron chi connectivity index (χ1n) is 8.46. The number of amides is 1. The van der Waals surface area contributed by atoms with Gasteiger partial charge in [-0.1, -0.05) is 13.0 Å². The Balaban J connectivity index is 2.33. The minimum absolute atomic E-state index is 0.00420. The molecule has 146 valence electrons. The number of anilines is 1. The third kappa shape index (κ3) is 4.91. The maximum Gasteiger partial charge on any atom is 0.261 e. The van der Waals surface area contributed by atoms with Crippen LogP contribution in [0, 0.1) is 6.92 Å². The highest BCUT2D eigenvalue weighted by molar-refractivity contribution is 7.92. The second kappa shape index (κ2) is 8.77. The predicted octanol–water partition coefficient (Wildman–Crippen LogP) is 2.95. The van der Waals surface area contributed by atoms with E-state index in [1.807, 2.05) is 6.92 Å². The van der Waals surface area contributed by atoms with Crippen molar-refractivity contribution in [2.24, 2.45) is 0 Å². The summed E-state index contributed by atoms with van der Waals surface area (Å²) in [5.41, 5.74) is 1.36. The highest BCUT2D eigenvalue weighted by atomic mass is 32.2. The van der Waals surface area contributed by atoms with Gasteiger partial charge in [0.25, 0.3) is 15.9 Å². The Morgan fingerprint density at radius 3 is 2.37 bits per heavy atom. The zero-order chi connectivity index (χ0) is 20.0. The summed E-state index contributed by atoms with van der Waals surface area (Å²) in [6, 6.07) is 9.17. The Hall–Kier alpha value is -2.74. The van der Waals surface area contributed by atoms with E-state index in [4.69, 9.17) is 9.47 Å². The van der Waals surface area contributed by atoms with Crippen molar-refractivity contribution in [1.29, 1.82) is 0 Å². The minimum Gasteiger partial charge on any atom is -0.493 e. The van der Waals surface area contributed by atoms with Gasteiger partial charge in [-0.2, -0.15) is 0 Å². The molecule has 2 aromatic rings. The van der Waals surface area contributed by atoms with E-state index in [1.54, 1.807) is 25.1 Å². The minimum atomic E-state index is -3.88. The molecule has 8 heteroatoms. The molecule has 0 aliphatic rings. The van der Waals surface area contributed by atoms with Gasteiger partial charge in [-0.05, 0) is 43.2 Å². The molecule has 0 atom stereocenters. The van der Waals surface area contributed by atoms with Gasteiger partial charge in [0, 0.05) is 18.2 Å². The SMILES string of the molecule is CCCNC(=O)c1cc(S(=O)(=O)Nc2ccc(OC)c(OC)c2)ccc1C. The van der Waals surface area contributed by atoms with E-state index in [9.17, 15) is 13.2 Å². The van der Waals surface area contributed by atoms with Crippen LogP contribution in [0.1, 0.15) is 29.3 Å². The largest absolute Gasteiger partial charge is 0.493 e. The lowest BCUT2D eigenvalue weighted by molar-refractivity contribution is 0.0953. The molecular formula is C19H24N2O5S. The summed E-state index contributed by atoms with van der Waals surface area (Å²) in [7, 11) is -0.909. The molecule has 0 aliphatic heterocycles. The third-order valence-corrected chi connectivity index (χ3v) is 5.31. The number of sulfonamides is 1. The number of benzene rings is 2. The summed E-state index contributed by atoms with van der Waals surface area (Å²) in [5.74, 6) is 0.601. The molecule has 0 saturated carbocycles. The van der Waals surface area contributed by atoms with Gasteiger partial charge in [0.05, 0.1) is 24.8 Å². The fourth-order valence-corrected chi connectivity index (χ4v) is 3.54. The first kappa shape index (κ1) is 20.6. The Kier molecular flexibility index (Phi) is 6.68. The Morgan fingerprint density at radius 2 is 1.74 bits per heavy atom. The van der Waals surface area contributed by atoms with Gasteiger partial charge in [0.15, 0.2) is 11.5 Å². The molecule has 0 fully saturated rings. The number of rotatable bonds is 8. The van der Waals surface area contributed by atoms with Crippen molar-refractivity contribution in [2.75, 3.05) is 25.5 Å². The van der Waals surface area contributed by atoms with Crippen molar-refractivity contribution in [3.05, 3.63) is 47.5 Å². The molecule has 0 heterocycles. The van der Waals surface area contributed by atoms with Gasteiger partial charge < -0.3 is 14.8 Å². The van der Waals surface area contributed by atoms with Crippen LogP contribution in [0.3, 0.4) is 0 Å². The van der Waals surface area contributed by atoms with Gasteiger partial charge in [-0.15, -0.1) is 0 Å². The van der Waals surface area contributed by atoms with Crippen LogP contribution < -0.4 is 19.5 Å². The van der Waals surface area contributed by atoms with Crippen LogP contribution in [0.4, 0.5) is 5.69 Å². The normalized spacial score (nSPS) is 11.0. The summed E-state index contributed by atoms with van der Waals surface area (Å²) in [6.07, 6.45) is 0.795. The van der Waals surface area contributed by atoms with E-state index in [2.05, 4.69) is 10.0 Å². The van der Waals surface area contributed by atoms with Crippen LogP contribution in [-0.4, -0.2) is 35.1 Å². The van der Waals surface area contributed by atoms with E-state index in [-0.39, 0.29) is 10.8 Å². The molecule has 7 nitrogen and oxygen atoms in total. The van der Waals surface area contributed by atoms with Gasteiger partial charge >= 0.3 is 0 Å². The first-order chi connectivity index (χ1) is 12.8. The Morgan fingerprint density at radius 1 is 1.04 bits per heavy atom. The topological polar surface area (TPSA) is 93.7 Å². The molecule has 2 rings (SSSR count). The summed E-state index contributed by atoms with van der Waals surface area (Å²) < 4.78 is 38.3. The number of aryl methyl sites for hydroxylation is 1. The second-order valence-corrected chi connectivity index (χ2v) is 7.59. The highest BCUT2D eigenvalue weighted by Crippen LogP contribution is 2.30. The average molecular weight is 392 g/mol. The number of methoxy groups -OCH3 is 2. The highest BCUT2D eigenvalue weighted by Gasteiger charge is 2.19. The van der Waals surface area contributed by atoms with Crippen LogP contribution in [0.15, 0.2) is 41.3 Å².